The molecule has 2 heterocycles. The maximum atomic E-state index is 6.28. The molecule has 4 heteroatoms. The van der Waals surface area contributed by atoms with Crippen molar-refractivity contribution in [3.63, 3.8) is 0 Å². The second kappa shape index (κ2) is 5.67. The van der Waals surface area contributed by atoms with Gasteiger partial charge in [-0.15, -0.1) is 0 Å². The van der Waals surface area contributed by atoms with Crippen molar-refractivity contribution < 1.29 is 0 Å². The second-order valence-electron chi connectivity index (χ2n) is 5.46. The summed E-state index contributed by atoms with van der Waals surface area (Å²) in [6.07, 6.45) is 6.13. The molecule has 106 valence electrons. The second-order valence-corrected chi connectivity index (χ2v) is 5.46. The number of nitrogens with two attached hydrogens (primary N) is 1. The van der Waals surface area contributed by atoms with Crippen LogP contribution in [0.3, 0.4) is 0 Å². The molecule has 0 fully saturated rings. The summed E-state index contributed by atoms with van der Waals surface area (Å²) in [5.74, 6) is 1.07. The Morgan fingerprint density at radius 3 is 2.95 bits per heavy atom. The summed E-state index contributed by atoms with van der Waals surface area (Å²) in [6, 6.07) is 8.72. The molecule has 4 nitrogen and oxygen atoms in total. The number of hydrogen-bond donors (Lipinski definition) is 1. The number of para-hydroxylation sites is 1. The van der Waals surface area contributed by atoms with Crippen molar-refractivity contribution in [1.82, 2.24) is 9.55 Å². The van der Waals surface area contributed by atoms with E-state index in [4.69, 9.17) is 5.73 Å². The van der Waals surface area contributed by atoms with Gasteiger partial charge in [0, 0.05) is 43.8 Å². The van der Waals surface area contributed by atoms with Gasteiger partial charge in [-0.05, 0) is 31.4 Å². The average molecular weight is 270 g/mol. The Hall–Kier alpha value is -1.81. The predicted molar refractivity (Wildman–Crippen MR) is 81.8 cm³/mol. The van der Waals surface area contributed by atoms with E-state index in [1.807, 2.05) is 19.3 Å². The van der Waals surface area contributed by atoms with Gasteiger partial charge in [0.25, 0.3) is 0 Å². The minimum atomic E-state index is 0.172. The monoisotopic (exact) mass is 270 g/mol. The third-order valence-electron chi connectivity index (χ3n) is 4.15. The molecule has 1 aliphatic rings. The van der Waals surface area contributed by atoms with Crippen LogP contribution in [0.4, 0.5) is 5.69 Å². The largest absolute Gasteiger partial charge is 0.369 e. The highest BCUT2D eigenvalue weighted by Crippen LogP contribution is 2.31. The number of aromatic nitrogens is 2. The molecular weight excluding hydrogens is 248 g/mol. The number of nitrogens with zero attached hydrogens (tertiary/aromatic N) is 3. The third kappa shape index (κ3) is 2.56. The van der Waals surface area contributed by atoms with Gasteiger partial charge in [-0.2, -0.15) is 0 Å². The first-order valence-electron chi connectivity index (χ1n) is 7.33. The molecule has 0 spiro atoms. The minimum Gasteiger partial charge on any atom is -0.369 e. The molecular formula is C16H22N4. The fourth-order valence-electron chi connectivity index (χ4n) is 2.97. The molecule has 0 saturated carbocycles. The van der Waals surface area contributed by atoms with E-state index in [9.17, 15) is 0 Å². The zero-order valence-electron chi connectivity index (χ0n) is 12.0. The van der Waals surface area contributed by atoms with E-state index in [0.29, 0.717) is 0 Å². The highest BCUT2D eigenvalue weighted by Gasteiger charge is 2.19. The number of rotatable bonds is 3. The zero-order valence-corrected chi connectivity index (χ0v) is 12.0. The first-order valence-corrected chi connectivity index (χ1v) is 7.33. The molecule has 20 heavy (non-hydrogen) atoms. The summed E-state index contributed by atoms with van der Waals surface area (Å²) < 4.78 is 2.20. The maximum Gasteiger partial charge on any atom is 0.105 e. The molecule has 1 aromatic carbocycles. The van der Waals surface area contributed by atoms with Crippen LogP contribution in [0.15, 0.2) is 36.7 Å². The molecule has 1 atom stereocenters. The van der Waals surface area contributed by atoms with Crippen molar-refractivity contribution in [2.24, 2.45) is 5.73 Å². The van der Waals surface area contributed by atoms with E-state index < -0.39 is 0 Å². The number of fused-ring (bicyclic) bond motifs is 1. The van der Waals surface area contributed by atoms with Crippen molar-refractivity contribution in [1.29, 1.82) is 0 Å². The maximum absolute atomic E-state index is 6.28. The third-order valence-corrected chi connectivity index (χ3v) is 4.15. The highest BCUT2D eigenvalue weighted by atomic mass is 15.2. The Kier molecular flexibility index (Phi) is 3.74. The van der Waals surface area contributed by atoms with Crippen LogP contribution in [0.2, 0.25) is 0 Å². The Bertz CT molecular complexity index is 575. The summed E-state index contributed by atoms with van der Waals surface area (Å²) >= 11 is 0. The van der Waals surface area contributed by atoms with Gasteiger partial charge in [-0.25, -0.2) is 4.98 Å². The zero-order chi connectivity index (χ0) is 13.9. The fourth-order valence-corrected chi connectivity index (χ4v) is 2.97. The Labute approximate surface area is 120 Å². The van der Waals surface area contributed by atoms with Gasteiger partial charge < -0.3 is 15.2 Å². The fraction of sp³-hybridized carbons (Fsp3) is 0.438. The molecule has 1 aliphatic heterocycles. The highest BCUT2D eigenvalue weighted by molar-refractivity contribution is 5.55. The average Bonchev–Trinajstić information content (AvgIpc) is 2.80. The van der Waals surface area contributed by atoms with Crippen molar-refractivity contribution >= 4 is 5.69 Å². The molecule has 0 amide bonds. The van der Waals surface area contributed by atoms with Crippen LogP contribution < -0.4 is 10.6 Å². The van der Waals surface area contributed by atoms with Crippen molar-refractivity contribution in [2.75, 3.05) is 18.0 Å². The Morgan fingerprint density at radius 1 is 1.30 bits per heavy atom. The first-order chi connectivity index (χ1) is 9.75. The molecule has 0 bridgehead atoms. The van der Waals surface area contributed by atoms with Crippen molar-refractivity contribution in [3.8, 4) is 0 Å². The van der Waals surface area contributed by atoms with Crippen LogP contribution in [0.5, 0.6) is 0 Å². The number of hydrogen-bond acceptors (Lipinski definition) is 3. The molecule has 0 radical (unpaired) electrons. The summed E-state index contributed by atoms with van der Waals surface area (Å²) in [7, 11) is 0. The van der Waals surface area contributed by atoms with Crippen LogP contribution in [0, 0.1) is 6.92 Å². The number of benzene rings is 1. The van der Waals surface area contributed by atoms with E-state index in [1.54, 1.807) is 0 Å². The van der Waals surface area contributed by atoms with E-state index in [0.717, 1.165) is 38.3 Å². The lowest BCUT2D eigenvalue weighted by atomic mass is 10.0. The van der Waals surface area contributed by atoms with Gasteiger partial charge in [-0.1, -0.05) is 18.2 Å². The molecule has 0 saturated heterocycles. The number of anilines is 1. The lowest BCUT2D eigenvalue weighted by molar-refractivity contribution is 0.605. The Balaban J connectivity index is 1.79. The quantitative estimate of drug-likeness (QED) is 0.932. The standard InChI is InChI=1S/C16H22N4/c1-13-18-8-10-19(13)11-12-20-9-4-6-15(17)14-5-2-3-7-16(14)20/h2-3,5,7-8,10,15H,4,6,9,11-12,17H2,1H3. The van der Waals surface area contributed by atoms with Gasteiger partial charge in [0.1, 0.15) is 5.82 Å². The minimum absolute atomic E-state index is 0.172. The van der Waals surface area contributed by atoms with E-state index in [1.165, 1.54) is 11.3 Å². The van der Waals surface area contributed by atoms with E-state index in [2.05, 4.69) is 38.7 Å². The van der Waals surface area contributed by atoms with E-state index in [-0.39, 0.29) is 6.04 Å². The van der Waals surface area contributed by atoms with Crippen molar-refractivity contribution in [3.05, 3.63) is 48.0 Å². The van der Waals surface area contributed by atoms with Gasteiger partial charge in [-0.3, -0.25) is 0 Å². The number of imidazole rings is 1. The lowest BCUT2D eigenvalue weighted by Crippen LogP contribution is -2.28. The predicted octanol–water partition coefficient (Wildman–Crippen LogP) is 2.49. The SMILES string of the molecule is Cc1nccn1CCN1CCCC(N)c2ccccc21. The molecule has 3 rings (SSSR count). The van der Waals surface area contributed by atoms with Crippen LogP contribution in [0.25, 0.3) is 0 Å². The van der Waals surface area contributed by atoms with Crippen LogP contribution in [0.1, 0.15) is 30.3 Å². The van der Waals surface area contributed by atoms with Crippen LogP contribution in [-0.2, 0) is 6.54 Å². The van der Waals surface area contributed by atoms with Gasteiger partial charge in [0.15, 0.2) is 0 Å². The smallest absolute Gasteiger partial charge is 0.105 e. The van der Waals surface area contributed by atoms with Gasteiger partial charge in [0.2, 0.25) is 0 Å². The lowest BCUT2D eigenvalue weighted by Gasteiger charge is -2.25. The van der Waals surface area contributed by atoms with Gasteiger partial charge in [0.05, 0.1) is 0 Å². The summed E-state index contributed by atoms with van der Waals surface area (Å²) in [5.41, 5.74) is 8.87. The Morgan fingerprint density at radius 2 is 2.15 bits per heavy atom. The molecule has 1 unspecified atom stereocenters. The summed E-state index contributed by atoms with van der Waals surface area (Å²) in [5, 5.41) is 0. The molecule has 1 aromatic heterocycles. The summed E-state index contributed by atoms with van der Waals surface area (Å²) in [6.45, 7) is 5.10. The number of aryl methyl sites for hydroxylation is 1. The molecule has 2 N–H and O–H groups in total. The molecule has 0 aliphatic carbocycles. The van der Waals surface area contributed by atoms with Crippen LogP contribution in [-0.4, -0.2) is 22.6 Å². The summed E-state index contributed by atoms with van der Waals surface area (Å²) in [4.78, 5) is 6.74. The first kappa shape index (κ1) is 13.2. The van der Waals surface area contributed by atoms with Crippen LogP contribution >= 0.6 is 0 Å². The molecule has 2 aromatic rings. The van der Waals surface area contributed by atoms with Gasteiger partial charge >= 0.3 is 0 Å². The normalized spacial score (nSPS) is 18.7. The topological polar surface area (TPSA) is 47.1 Å². The van der Waals surface area contributed by atoms with E-state index >= 15 is 0 Å². The van der Waals surface area contributed by atoms with Crippen molar-refractivity contribution in [2.45, 2.75) is 32.4 Å².